The van der Waals surface area contributed by atoms with Crippen molar-refractivity contribution in [1.82, 2.24) is 9.97 Å². The lowest BCUT2D eigenvalue weighted by Gasteiger charge is -2.36. The fraction of sp³-hybridized carbons (Fsp3) is 0.577. The Morgan fingerprint density at radius 1 is 1.00 bits per heavy atom. The molecule has 1 aromatic carbocycles. The van der Waals surface area contributed by atoms with Crippen LogP contribution < -0.4 is 9.64 Å². The van der Waals surface area contributed by atoms with Crippen LogP contribution >= 0.6 is 0 Å². The molecule has 2 fully saturated rings. The standard InChI is InChI=1S/C26H35N3O3/c1-26(2,3)20-6-10-22(11-7-20)32-21-8-4-18(5-9-21)23-16-24(28-17-27-23)29-14-12-19(13-15-29)25(30)31/h4-5,8-9,16-17,19-20,22H,6-7,10-15H2,1-3H3,(H,30,31). The largest absolute Gasteiger partial charge is 0.490 e. The number of anilines is 1. The number of benzene rings is 1. The van der Waals surface area contributed by atoms with E-state index in [0.717, 1.165) is 41.6 Å². The number of ether oxygens (including phenoxy) is 1. The van der Waals surface area contributed by atoms with Crippen molar-refractivity contribution in [2.45, 2.75) is 65.4 Å². The molecule has 4 rings (SSSR count). The van der Waals surface area contributed by atoms with Crippen molar-refractivity contribution in [1.29, 1.82) is 0 Å². The number of aliphatic carboxylic acids is 1. The summed E-state index contributed by atoms with van der Waals surface area (Å²) in [5.74, 6) is 1.61. The highest BCUT2D eigenvalue weighted by Crippen LogP contribution is 2.39. The van der Waals surface area contributed by atoms with E-state index >= 15 is 0 Å². The van der Waals surface area contributed by atoms with Crippen molar-refractivity contribution in [2.75, 3.05) is 18.0 Å². The van der Waals surface area contributed by atoms with Crippen LogP contribution in [0.25, 0.3) is 11.3 Å². The van der Waals surface area contributed by atoms with Gasteiger partial charge in [0, 0.05) is 24.7 Å². The number of hydrogen-bond donors (Lipinski definition) is 1. The predicted octanol–water partition coefficient (Wildman–Crippen LogP) is 5.43. The number of rotatable bonds is 5. The lowest BCUT2D eigenvalue weighted by molar-refractivity contribution is -0.142. The molecule has 6 nitrogen and oxygen atoms in total. The number of carboxylic acid groups (broad SMARTS) is 1. The minimum atomic E-state index is -0.697. The maximum Gasteiger partial charge on any atom is 0.306 e. The highest BCUT2D eigenvalue weighted by Gasteiger charge is 2.30. The van der Waals surface area contributed by atoms with Gasteiger partial charge in [-0.15, -0.1) is 0 Å². The molecule has 2 aliphatic rings. The summed E-state index contributed by atoms with van der Waals surface area (Å²) in [5.41, 5.74) is 2.28. The molecule has 1 aliphatic carbocycles. The zero-order valence-corrected chi connectivity index (χ0v) is 19.5. The minimum absolute atomic E-state index is 0.247. The molecule has 0 unspecified atom stereocenters. The van der Waals surface area contributed by atoms with Crippen molar-refractivity contribution in [2.24, 2.45) is 17.3 Å². The molecular weight excluding hydrogens is 402 g/mol. The van der Waals surface area contributed by atoms with E-state index in [1.165, 1.54) is 12.8 Å². The first kappa shape index (κ1) is 22.6. The molecule has 1 saturated carbocycles. The van der Waals surface area contributed by atoms with Crippen LogP contribution in [0.2, 0.25) is 0 Å². The van der Waals surface area contributed by atoms with E-state index in [-0.39, 0.29) is 5.92 Å². The minimum Gasteiger partial charge on any atom is -0.490 e. The van der Waals surface area contributed by atoms with Crippen LogP contribution in [0.3, 0.4) is 0 Å². The van der Waals surface area contributed by atoms with Gasteiger partial charge < -0.3 is 14.7 Å². The molecule has 0 atom stereocenters. The number of piperidine rings is 1. The fourth-order valence-corrected chi connectivity index (χ4v) is 4.98. The molecular formula is C26H35N3O3. The van der Waals surface area contributed by atoms with Gasteiger partial charge in [-0.2, -0.15) is 0 Å². The van der Waals surface area contributed by atoms with E-state index in [9.17, 15) is 9.90 Å². The van der Waals surface area contributed by atoms with Crippen LogP contribution in [0.4, 0.5) is 5.82 Å². The Morgan fingerprint density at radius 2 is 1.66 bits per heavy atom. The number of nitrogens with zero attached hydrogens (tertiary/aromatic N) is 3. The van der Waals surface area contributed by atoms with E-state index < -0.39 is 5.97 Å². The van der Waals surface area contributed by atoms with E-state index in [1.54, 1.807) is 6.33 Å². The number of carboxylic acids is 1. The molecule has 32 heavy (non-hydrogen) atoms. The topological polar surface area (TPSA) is 75.5 Å². The molecule has 172 valence electrons. The molecule has 1 N–H and O–H groups in total. The Morgan fingerprint density at radius 3 is 2.25 bits per heavy atom. The van der Waals surface area contributed by atoms with Crippen molar-refractivity contribution >= 4 is 11.8 Å². The average molecular weight is 438 g/mol. The predicted molar refractivity (Wildman–Crippen MR) is 126 cm³/mol. The first-order valence-electron chi connectivity index (χ1n) is 11.9. The Bertz CT molecular complexity index is 907. The van der Waals surface area contributed by atoms with Gasteiger partial charge in [-0.3, -0.25) is 4.79 Å². The Kier molecular flexibility index (Phi) is 6.68. The maximum absolute atomic E-state index is 11.2. The lowest BCUT2D eigenvalue weighted by Crippen LogP contribution is -2.36. The third kappa shape index (κ3) is 5.40. The summed E-state index contributed by atoms with van der Waals surface area (Å²) in [6.45, 7) is 8.44. The van der Waals surface area contributed by atoms with Crippen molar-refractivity contribution < 1.29 is 14.6 Å². The third-order valence-electron chi connectivity index (χ3n) is 7.17. The van der Waals surface area contributed by atoms with Crippen LogP contribution in [0.15, 0.2) is 36.7 Å². The third-order valence-corrected chi connectivity index (χ3v) is 7.17. The molecule has 1 aliphatic heterocycles. The summed E-state index contributed by atoms with van der Waals surface area (Å²) in [5, 5.41) is 9.20. The first-order valence-corrected chi connectivity index (χ1v) is 11.9. The van der Waals surface area contributed by atoms with E-state index in [0.29, 0.717) is 37.5 Å². The van der Waals surface area contributed by atoms with Gasteiger partial charge in [0.15, 0.2) is 0 Å². The molecule has 0 spiro atoms. The summed E-state index contributed by atoms with van der Waals surface area (Å²) >= 11 is 0. The average Bonchev–Trinajstić information content (AvgIpc) is 2.79. The van der Waals surface area contributed by atoms with Crippen molar-refractivity contribution in [3.05, 3.63) is 36.7 Å². The van der Waals surface area contributed by atoms with E-state index in [2.05, 4.69) is 47.8 Å². The van der Waals surface area contributed by atoms with Gasteiger partial charge in [-0.1, -0.05) is 20.8 Å². The van der Waals surface area contributed by atoms with E-state index in [4.69, 9.17) is 4.74 Å². The van der Waals surface area contributed by atoms with Gasteiger partial charge >= 0.3 is 5.97 Å². The molecule has 1 aromatic heterocycles. The summed E-state index contributed by atoms with van der Waals surface area (Å²) < 4.78 is 6.27. The molecule has 0 amide bonds. The Labute approximate surface area is 191 Å². The zero-order chi connectivity index (χ0) is 22.7. The second-order valence-electron chi connectivity index (χ2n) is 10.3. The molecule has 0 bridgehead atoms. The normalized spacial score (nSPS) is 22.5. The van der Waals surface area contributed by atoms with Gasteiger partial charge in [0.25, 0.3) is 0 Å². The summed E-state index contributed by atoms with van der Waals surface area (Å²) in [7, 11) is 0. The molecule has 2 aromatic rings. The monoisotopic (exact) mass is 437 g/mol. The number of aromatic nitrogens is 2. The van der Waals surface area contributed by atoms with Crippen LogP contribution in [-0.2, 0) is 4.79 Å². The van der Waals surface area contributed by atoms with Crippen LogP contribution in [-0.4, -0.2) is 40.2 Å². The van der Waals surface area contributed by atoms with Gasteiger partial charge in [0.05, 0.1) is 17.7 Å². The van der Waals surface area contributed by atoms with Crippen LogP contribution in [0.1, 0.15) is 59.3 Å². The fourth-order valence-electron chi connectivity index (χ4n) is 4.98. The second kappa shape index (κ2) is 9.47. The van der Waals surface area contributed by atoms with Crippen molar-refractivity contribution in [3.8, 4) is 17.0 Å². The van der Waals surface area contributed by atoms with Crippen LogP contribution in [0.5, 0.6) is 5.75 Å². The number of hydrogen-bond acceptors (Lipinski definition) is 5. The quantitative estimate of drug-likeness (QED) is 0.672. The second-order valence-corrected chi connectivity index (χ2v) is 10.3. The van der Waals surface area contributed by atoms with Crippen molar-refractivity contribution in [3.63, 3.8) is 0 Å². The van der Waals surface area contributed by atoms with Gasteiger partial charge in [0.1, 0.15) is 17.9 Å². The van der Waals surface area contributed by atoms with Gasteiger partial charge in [-0.05, 0) is 74.1 Å². The maximum atomic E-state index is 11.2. The van der Waals surface area contributed by atoms with Gasteiger partial charge in [0.2, 0.25) is 0 Å². The highest BCUT2D eigenvalue weighted by atomic mass is 16.5. The Hall–Kier alpha value is -2.63. The smallest absolute Gasteiger partial charge is 0.306 e. The molecule has 6 heteroatoms. The molecule has 0 radical (unpaired) electrons. The molecule has 1 saturated heterocycles. The van der Waals surface area contributed by atoms with E-state index in [1.807, 2.05) is 18.2 Å². The van der Waals surface area contributed by atoms with Crippen LogP contribution in [0, 0.1) is 17.3 Å². The summed E-state index contributed by atoms with van der Waals surface area (Å²) in [6.07, 6.45) is 7.91. The number of carbonyl (C=O) groups is 1. The van der Waals surface area contributed by atoms with Gasteiger partial charge in [-0.25, -0.2) is 9.97 Å². The first-order chi connectivity index (χ1) is 15.3. The summed E-state index contributed by atoms with van der Waals surface area (Å²) in [6, 6.07) is 10.2. The molecule has 2 heterocycles. The Balaban J connectivity index is 1.35. The zero-order valence-electron chi connectivity index (χ0n) is 19.5. The highest BCUT2D eigenvalue weighted by molar-refractivity contribution is 5.70. The lowest BCUT2D eigenvalue weighted by atomic mass is 9.72. The SMILES string of the molecule is CC(C)(C)C1CCC(Oc2ccc(-c3cc(N4CCC(C(=O)O)CC4)ncn3)cc2)CC1. The summed E-state index contributed by atoms with van der Waals surface area (Å²) in [4.78, 5) is 22.2.